The molecule has 0 aromatic carbocycles. The van der Waals surface area contributed by atoms with E-state index in [1.807, 2.05) is 27.7 Å². The van der Waals surface area contributed by atoms with E-state index in [9.17, 15) is 5.11 Å². The Balaban J connectivity index is 3.98. The highest BCUT2D eigenvalue weighted by molar-refractivity contribution is 4.80. The first-order valence-corrected chi connectivity index (χ1v) is 5.22. The number of hydrogen-bond donors (Lipinski definition) is 1. The molecule has 0 radical (unpaired) electrons. The average Bonchev–Trinajstić information content (AvgIpc) is 2.03. The van der Waals surface area contributed by atoms with E-state index in [1.54, 1.807) is 7.11 Å². The summed E-state index contributed by atoms with van der Waals surface area (Å²) in [7, 11) is 1.62. The van der Waals surface area contributed by atoms with Gasteiger partial charge < -0.3 is 14.6 Å². The zero-order valence-corrected chi connectivity index (χ0v) is 10.0. The minimum Gasteiger partial charge on any atom is -0.388 e. The number of aliphatic hydroxyl groups is 1. The molecule has 0 aliphatic heterocycles. The van der Waals surface area contributed by atoms with Crippen molar-refractivity contribution in [2.45, 2.75) is 46.3 Å². The molecule has 0 amide bonds. The van der Waals surface area contributed by atoms with Gasteiger partial charge in [-0.05, 0) is 11.8 Å². The fourth-order valence-electron chi connectivity index (χ4n) is 1.52. The zero-order chi connectivity index (χ0) is 11.2. The summed E-state index contributed by atoms with van der Waals surface area (Å²) in [6, 6.07) is 0. The Morgan fingerprint density at radius 1 is 1.29 bits per heavy atom. The Bertz CT molecular complexity index is 140. The SMILES string of the molecule is CCCOCC(O)C(OC)C(C)(C)C. The molecule has 3 heteroatoms. The van der Waals surface area contributed by atoms with Crippen molar-refractivity contribution in [2.24, 2.45) is 5.41 Å². The number of aliphatic hydroxyl groups excluding tert-OH is 1. The van der Waals surface area contributed by atoms with Gasteiger partial charge in [0.05, 0.1) is 12.7 Å². The van der Waals surface area contributed by atoms with Crippen molar-refractivity contribution in [3.63, 3.8) is 0 Å². The van der Waals surface area contributed by atoms with Crippen LogP contribution in [0.3, 0.4) is 0 Å². The molecule has 0 aliphatic carbocycles. The molecule has 0 bridgehead atoms. The molecular weight excluding hydrogens is 180 g/mol. The van der Waals surface area contributed by atoms with E-state index in [4.69, 9.17) is 9.47 Å². The third-order valence-corrected chi connectivity index (χ3v) is 2.09. The lowest BCUT2D eigenvalue weighted by atomic mass is 9.86. The van der Waals surface area contributed by atoms with Gasteiger partial charge in [0, 0.05) is 13.7 Å². The van der Waals surface area contributed by atoms with Crippen molar-refractivity contribution in [2.75, 3.05) is 20.3 Å². The topological polar surface area (TPSA) is 38.7 Å². The first-order chi connectivity index (χ1) is 6.43. The van der Waals surface area contributed by atoms with Crippen LogP contribution in [0.25, 0.3) is 0 Å². The minimum atomic E-state index is -0.549. The van der Waals surface area contributed by atoms with Gasteiger partial charge in [-0.1, -0.05) is 27.7 Å². The molecule has 0 spiro atoms. The maximum atomic E-state index is 9.82. The summed E-state index contributed by atoms with van der Waals surface area (Å²) in [6.07, 6.45) is 0.241. The molecule has 14 heavy (non-hydrogen) atoms. The fraction of sp³-hybridized carbons (Fsp3) is 1.00. The minimum absolute atomic E-state index is 0.0657. The first-order valence-electron chi connectivity index (χ1n) is 5.22. The van der Waals surface area contributed by atoms with Gasteiger partial charge in [-0.2, -0.15) is 0 Å². The lowest BCUT2D eigenvalue weighted by Crippen LogP contribution is -2.42. The van der Waals surface area contributed by atoms with Gasteiger partial charge >= 0.3 is 0 Å². The molecule has 3 nitrogen and oxygen atoms in total. The molecule has 0 fully saturated rings. The van der Waals surface area contributed by atoms with Gasteiger partial charge in [-0.15, -0.1) is 0 Å². The van der Waals surface area contributed by atoms with Crippen molar-refractivity contribution in [1.82, 2.24) is 0 Å². The van der Waals surface area contributed by atoms with Gasteiger partial charge in [0.1, 0.15) is 6.10 Å². The third kappa shape index (κ3) is 4.94. The number of ether oxygens (including phenoxy) is 2. The van der Waals surface area contributed by atoms with Crippen LogP contribution in [-0.2, 0) is 9.47 Å². The van der Waals surface area contributed by atoms with Gasteiger partial charge in [0.15, 0.2) is 0 Å². The van der Waals surface area contributed by atoms with Crippen LogP contribution in [0.2, 0.25) is 0 Å². The van der Waals surface area contributed by atoms with Crippen LogP contribution in [0.5, 0.6) is 0 Å². The standard InChI is InChI=1S/C11H24O3/c1-6-7-14-8-9(12)10(13-5)11(2,3)4/h9-10,12H,6-8H2,1-5H3. The predicted molar refractivity (Wildman–Crippen MR) is 57.4 cm³/mol. The summed E-state index contributed by atoms with van der Waals surface area (Å²) < 4.78 is 10.6. The maximum absolute atomic E-state index is 9.82. The van der Waals surface area contributed by atoms with Crippen molar-refractivity contribution in [3.05, 3.63) is 0 Å². The normalized spacial score (nSPS) is 16.7. The molecule has 0 aliphatic rings. The van der Waals surface area contributed by atoms with E-state index in [-0.39, 0.29) is 11.5 Å². The van der Waals surface area contributed by atoms with E-state index >= 15 is 0 Å². The van der Waals surface area contributed by atoms with Crippen LogP contribution in [0.1, 0.15) is 34.1 Å². The van der Waals surface area contributed by atoms with Crippen molar-refractivity contribution >= 4 is 0 Å². The van der Waals surface area contributed by atoms with Crippen LogP contribution in [0, 0.1) is 5.41 Å². The molecule has 1 N–H and O–H groups in total. The van der Waals surface area contributed by atoms with Gasteiger partial charge in [0.2, 0.25) is 0 Å². The predicted octanol–water partition coefficient (Wildman–Crippen LogP) is 1.83. The van der Waals surface area contributed by atoms with E-state index in [2.05, 4.69) is 0 Å². The number of hydrogen-bond acceptors (Lipinski definition) is 3. The Kier molecular flexibility index (Phi) is 6.33. The van der Waals surface area contributed by atoms with E-state index in [0.29, 0.717) is 13.2 Å². The van der Waals surface area contributed by atoms with E-state index in [1.165, 1.54) is 0 Å². The monoisotopic (exact) mass is 204 g/mol. The van der Waals surface area contributed by atoms with Crippen LogP contribution in [-0.4, -0.2) is 37.6 Å². The highest BCUT2D eigenvalue weighted by Gasteiger charge is 2.31. The molecule has 0 rings (SSSR count). The molecular formula is C11H24O3. The molecule has 0 aromatic heterocycles. The molecule has 86 valence electrons. The highest BCUT2D eigenvalue weighted by Crippen LogP contribution is 2.24. The van der Waals surface area contributed by atoms with Crippen LogP contribution < -0.4 is 0 Å². The van der Waals surface area contributed by atoms with E-state index in [0.717, 1.165) is 6.42 Å². The Morgan fingerprint density at radius 2 is 1.86 bits per heavy atom. The molecule has 0 saturated carbocycles. The quantitative estimate of drug-likeness (QED) is 0.671. The summed E-state index contributed by atoms with van der Waals surface area (Å²) in [5, 5.41) is 9.82. The lowest BCUT2D eigenvalue weighted by Gasteiger charge is -2.33. The highest BCUT2D eigenvalue weighted by atomic mass is 16.5. The molecule has 2 unspecified atom stereocenters. The molecule has 0 aromatic rings. The van der Waals surface area contributed by atoms with Crippen molar-refractivity contribution < 1.29 is 14.6 Å². The Labute approximate surface area is 87.4 Å². The van der Waals surface area contributed by atoms with Crippen LogP contribution in [0.4, 0.5) is 0 Å². The number of methoxy groups -OCH3 is 1. The summed E-state index contributed by atoms with van der Waals surface area (Å²) in [5.74, 6) is 0. The van der Waals surface area contributed by atoms with Crippen molar-refractivity contribution in [1.29, 1.82) is 0 Å². The van der Waals surface area contributed by atoms with Gasteiger partial charge in [0.25, 0.3) is 0 Å². The average molecular weight is 204 g/mol. The molecule has 0 heterocycles. The number of rotatable bonds is 6. The Morgan fingerprint density at radius 3 is 2.21 bits per heavy atom. The van der Waals surface area contributed by atoms with Gasteiger partial charge in [-0.3, -0.25) is 0 Å². The lowest BCUT2D eigenvalue weighted by molar-refractivity contribution is -0.0986. The second kappa shape index (κ2) is 6.38. The summed E-state index contributed by atoms with van der Waals surface area (Å²) in [6.45, 7) is 9.23. The van der Waals surface area contributed by atoms with Gasteiger partial charge in [-0.25, -0.2) is 0 Å². The fourth-order valence-corrected chi connectivity index (χ4v) is 1.52. The summed E-state index contributed by atoms with van der Waals surface area (Å²) in [5.41, 5.74) is -0.0657. The maximum Gasteiger partial charge on any atom is 0.104 e. The second-order valence-corrected chi connectivity index (χ2v) is 4.66. The zero-order valence-electron chi connectivity index (χ0n) is 10.0. The molecule has 0 saturated heterocycles. The van der Waals surface area contributed by atoms with Crippen LogP contribution >= 0.6 is 0 Å². The second-order valence-electron chi connectivity index (χ2n) is 4.66. The Hall–Kier alpha value is -0.120. The first kappa shape index (κ1) is 13.9. The third-order valence-electron chi connectivity index (χ3n) is 2.09. The largest absolute Gasteiger partial charge is 0.388 e. The molecule has 2 atom stereocenters. The summed E-state index contributed by atoms with van der Waals surface area (Å²) >= 11 is 0. The van der Waals surface area contributed by atoms with Crippen LogP contribution in [0.15, 0.2) is 0 Å². The smallest absolute Gasteiger partial charge is 0.104 e. The summed E-state index contributed by atoms with van der Waals surface area (Å²) in [4.78, 5) is 0. The van der Waals surface area contributed by atoms with Crippen molar-refractivity contribution in [3.8, 4) is 0 Å². The van der Waals surface area contributed by atoms with E-state index < -0.39 is 6.10 Å².